The smallest absolute Gasteiger partial charge is 0.307 e. The second-order valence-electron chi connectivity index (χ2n) is 6.07. The predicted octanol–water partition coefficient (Wildman–Crippen LogP) is 4.71. The number of nitrogens with one attached hydrogen (secondary N) is 1. The topological polar surface area (TPSA) is 91.1 Å². The molecule has 0 saturated carbocycles. The van der Waals surface area contributed by atoms with Crippen LogP contribution in [0.15, 0.2) is 77.0 Å². The molecule has 1 aliphatic carbocycles. The highest BCUT2D eigenvalue weighted by Gasteiger charge is 2.33. The van der Waals surface area contributed by atoms with Crippen molar-refractivity contribution >= 4 is 28.9 Å². The standard InChI is InChI=1S/C20H19N3O3/c24-19(17-8-4-5-9-18(17)20(25)26)21-14-10-12-16(13-11-14)23-22-15-6-2-1-3-7-15/h1-7,10-13,17-18H,8-9H2,(H,21,24)(H,25,26)/t17-,18+/m0/s1. The first-order valence-corrected chi connectivity index (χ1v) is 8.39. The number of hydrogen-bond donors (Lipinski definition) is 2. The van der Waals surface area contributed by atoms with Crippen molar-refractivity contribution in [3.63, 3.8) is 0 Å². The van der Waals surface area contributed by atoms with Gasteiger partial charge >= 0.3 is 5.97 Å². The Bertz CT molecular complexity index is 829. The van der Waals surface area contributed by atoms with Gasteiger partial charge in [0.25, 0.3) is 0 Å². The largest absolute Gasteiger partial charge is 0.481 e. The Morgan fingerprint density at radius 1 is 0.846 bits per heavy atom. The van der Waals surface area contributed by atoms with Gasteiger partial charge in [0, 0.05) is 5.69 Å². The molecule has 132 valence electrons. The van der Waals surface area contributed by atoms with Crippen molar-refractivity contribution in [2.24, 2.45) is 22.1 Å². The van der Waals surface area contributed by atoms with Gasteiger partial charge < -0.3 is 10.4 Å². The molecule has 1 amide bonds. The number of allylic oxidation sites excluding steroid dienone is 2. The van der Waals surface area contributed by atoms with Crippen molar-refractivity contribution in [3.05, 3.63) is 66.7 Å². The van der Waals surface area contributed by atoms with Crippen LogP contribution in [0, 0.1) is 11.8 Å². The van der Waals surface area contributed by atoms with E-state index >= 15 is 0 Å². The van der Waals surface area contributed by atoms with Crippen LogP contribution in [0.3, 0.4) is 0 Å². The molecule has 0 unspecified atom stereocenters. The lowest BCUT2D eigenvalue weighted by Crippen LogP contribution is -2.34. The Labute approximate surface area is 151 Å². The van der Waals surface area contributed by atoms with E-state index in [0.29, 0.717) is 24.2 Å². The lowest BCUT2D eigenvalue weighted by atomic mass is 9.82. The van der Waals surface area contributed by atoms with E-state index in [4.69, 9.17) is 0 Å². The van der Waals surface area contributed by atoms with Crippen molar-refractivity contribution in [1.29, 1.82) is 0 Å². The zero-order chi connectivity index (χ0) is 18.4. The fourth-order valence-electron chi connectivity index (χ4n) is 2.83. The third-order valence-corrected chi connectivity index (χ3v) is 4.26. The van der Waals surface area contributed by atoms with Crippen LogP contribution in [0.2, 0.25) is 0 Å². The average molecular weight is 349 g/mol. The third-order valence-electron chi connectivity index (χ3n) is 4.26. The van der Waals surface area contributed by atoms with E-state index in [1.165, 1.54) is 0 Å². The number of benzene rings is 2. The molecule has 0 aliphatic heterocycles. The van der Waals surface area contributed by atoms with Gasteiger partial charge in [-0.1, -0.05) is 30.4 Å². The minimum atomic E-state index is -0.939. The molecule has 1 aliphatic rings. The fourth-order valence-corrected chi connectivity index (χ4v) is 2.83. The van der Waals surface area contributed by atoms with Crippen LogP contribution in [-0.2, 0) is 9.59 Å². The molecular formula is C20H19N3O3. The number of azo groups is 1. The second kappa shape index (κ2) is 8.20. The van der Waals surface area contributed by atoms with Crippen LogP contribution < -0.4 is 5.32 Å². The van der Waals surface area contributed by atoms with Gasteiger partial charge in [-0.05, 0) is 49.2 Å². The van der Waals surface area contributed by atoms with Crippen LogP contribution in [0.25, 0.3) is 0 Å². The molecule has 6 heteroatoms. The van der Waals surface area contributed by atoms with Crippen LogP contribution in [-0.4, -0.2) is 17.0 Å². The molecule has 2 aromatic carbocycles. The molecule has 2 N–H and O–H groups in total. The monoisotopic (exact) mass is 349 g/mol. The quantitative estimate of drug-likeness (QED) is 0.605. The van der Waals surface area contributed by atoms with Crippen LogP contribution in [0.5, 0.6) is 0 Å². The van der Waals surface area contributed by atoms with Crippen LogP contribution in [0.4, 0.5) is 17.1 Å². The highest BCUT2D eigenvalue weighted by atomic mass is 16.4. The maximum atomic E-state index is 12.4. The van der Waals surface area contributed by atoms with Gasteiger partial charge in [-0.15, -0.1) is 0 Å². The number of hydrogen-bond acceptors (Lipinski definition) is 4. The summed E-state index contributed by atoms with van der Waals surface area (Å²) in [5.74, 6) is -2.46. The molecule has 0 aromatic heterocycles. The normalized spacial score (nSPS) is 19.4. The lowest BCUT2D eigenvalue weighted by molar-refractivity contribution is -0.146. The molecule has 0 saturated heterocycles. The summed E-state index contributed by atoms with van der Waals surface area (Å²) in [5, 5.41) is 20.3. The number of carbonyl (C=O) groups excluding carboxylic acids is 1. The fraction of sp³-hybridized carbons (Fsp3) is 0.200. The number of carbonyl (C=O) groups is 2. The number of nitrogens with zero attached hydrogens (tertiary/aromatic N) is 2. The summed E-state index contributed by atoms with van der Waals surface area (Å²) < 4.78 is 0. The summed E-state index contributed by atoms with van der Waals surface area (Å²) >= 11 is 0. The number of carboxylic acids is 1. The molecule has 2 atom stereocenters. The molecule has 6 nitrogen and oxygen atoms in total. The van der Waals surface area contributed by atoms with E-state index in [2.05, 4.69) is 15.5 Å². The Kier molecular flexibility index (Phi) is 5.53. The number of aliphatic carboxylic acids is 1. The predicted molar refractivity (Wildman–Crippen MR) is 98.7 cm³/mol. The molecule has 0 heterocycles. The van der Waals surface area contributed by atoms with Crippen molar-refractivity contribution < 1.29 is 14.7 Å². The van der Waals surface area contributed by atoms with E-state index < -0.39 is 17.8 Å². The minimum Gasteiger partial charge on any atom is -0.481 e. The van der Waals surface area contributed by atoms with Gasteiger partial charge in [0.15, 0.2) is 0 Å². The van der Waals surface area contributed by atoms with Crippen LogP contribution in [0.1, 0.15) is 12.8 Å². The summed E-state index contributed by atoms with van der Waals surface area (Å²) in [5.41, 5.74) is 2.03. The van der Waals surface area contributed by atoms with Gasteiger partial charge in [0.05, 0.1) is 23.2 Å². The Balaban J connectivity index is 1.63. The van der Waals surface area contributed by atoms with E-state index in [1.54, 1.807) is 24.3 Å². The average Bonchev–Trinajstić information content (AvgIpc) is 2.68. The molecule has 0 radical (unpaired) electrons. The van der Waals surface area contributed by atoms with Crippen molar-refractivity contribution in [2.45, 2.75) is 12.8 Å². The molecule has 0 bridgehead atoms. The number of rotatable bonds is 5. The summed E-state index contributed by atoms with van der Waals surface area (Å²) in [6, 6.07) is 16.3. The van der Waals surface area contributed by atoms with Crippen molar-refractivity contribution in [3.8, 4) is 0 Å². The highest BCUT2D eigenvalue weighted by Crippen LogP contribution is 2.28. The van der Waals surface area contributed by atoms with Gasteiger partial charge in [-0.2, -0.15) is 10.2 Å². The van der Waals surface area contributed by atoms with Crippen molar-refractivity contribution in [2.75, 3.05) is 5.32 Å². The maximum absolute atomic E-state index is 12.4. The molecule has 26 heavy (non-hydrogen) atoms. The zero-order valence-electron chi connectivity index (χ0n) is 14.1. The Morgan fingerprint density at radius 3 is 2.04 bits per heavy atom. The van der Waals surface area contributed by atoms with Gasteiger partial charge in [-0.3, -0.25) is 9.59 Å². The SMILES string of the molecule is O=C(Nc1ccc(N=Nc2ccccc2)cc1)[C@H]1CC=CC[C@H]1C(=O)O. The molecule has 2 aromatic rings. The summed E-state index contributed by atoms with van der Waals surface area (Å²) in [6.45, 7) is 0. The van der Waals surface area contributed by atoms with E-state index in [-0.39, 0.29) is 5.91 Å². The highest BCUT2D eigenvalue weighted by molar-refractivity contribution is 5.95. The first-order chi connectivity index (χ1) is 12.6. The molecule has 3 rings (SSSR count). The molecular weight excluding hydrogens is 330 g/mol. The first kappa shape index (κ1) is 17.5. The van der Waals surface area contributed by atoms with Gasteiger partial charge in [0.2, 0.25) is 5.91 Å². The number of carboxylic acid groups (broad SMARTS) is 1. The van der Waals surface area contributed by atoms with Gasteiger partial charge in [-0.25, -0.2) is 0 Å². The van der Waals surface area contributed by atoms with Gasteiger partial charge in [0.1, 0.15) is 0 Å². The van der Waals surface area contributed by atoms with E-state index in [9.17, 15) is 14.7 Å². The zero-order valence-corrected chi connectivity index (χ0v) is 14.1. The maximum Gasteiger partial charge on any atom is 0.307 e. The van der Waals surface area contributed by atoms with Crippen molar-refractivity contribution in [1.82, 2.24) is 0 Å². The molecule has 0 fully saturated rings. The second-order valence-corrected chi connectivity index (χ2v) is 6.07. The lowest BCUT2D eigenvalue weighted by Gasteiger charge is -2.24. The summed E-state index contributed by atoms with van der Waals surface area (Å²) in [7, 11) is 0. The molecule has 0 spiro atoms. The van der Waals surface area contributed by atoms with E-state index in [0.717, 1.165) is 5.69 Å². The number of amides is 1. The summed E-state index contributed by atoms with van der Waals surface area (Å²) in [4.78, 5) is 23.7. The Hall–Kier alpha value is -3.28. The Morgan fingerprint density at radius 2 is 1.42 bits per heavy atom. The minimum absolute atomic E-state index is 0.277. The van der Waals surface area contributed by atoms with E-state index in [1.807, 2.05) is 42.5 Å². The third kappa shape index (κ3) is 4.42. The van der Waals surface area contributed by atoms with Crippen LogP contribution >= 0.6 is 0 Å². The first-order valence-electron chi connectivity index (χ1n) is 8.39. The number of anilines is 1. The summed E-state index contributed by atoms with van der Waals surface area (Å²) in [6.07, 6.45) is 4.49.